The number of hydrogen-bond acceptors (Lipinski definition) is 2. The lowest BCUT2D eigenvalue weighted by Gasteiger charge is -2.03. The van der Waals surface area contributed by atoms with Gasteiger partial charge in [0.05, 0.1) is 5.69 Å². The molecule has 0 unspecified atom stereocenters. The minimum absolute atomic E-state index is 0.315. The predicted octanol–water partition coefficient (Wildman–Crippen LogP) is 5.32. The van der Waals surface area contributed by atoms with Crippen molar-refractivity contribution >= 4 is 5.97 Å². The average Bonchev–Trinajstić information content (AvgIpc) is 2.98. The zero-order valence-corrected chi connectivity index (χ0v) is 15.3. The fourth-order valence-electron chi connectivity index (χ4n) is 3.15. The highest BCUT2D eigenvalue weighted by molar-refractivity contribution is 5.66. The Balaban J connectivity index is 1.58. The maximum Gasteiger partial charge on any atom is 0.303 e. The molecule has 0 aliphatic rings. The van der Waals surface area contributed by atoms with Gasteiger partial charge in [0.2, 0.25) is 0 Å². The van der Waals surface area contributed by atoms with Crippen LogP contribution < -0.4 is 0 Å². The van der Waals surface area contributed by atoms with E-state index in [2.05, 4.69) is 46.9 Å². The molecule has 4 nitrogen and oxygen atoms in total. The zero-order chi connectivity index (χ0) is 17.9. The van der Waals surface area contributed by atoms with Crippen LogP contribution in [0.5, 0.6) is 0 Å². The molecule has 0 bridgehead atoms. The Morgan fingerprint density at radius 3 is 2.20 bits per heavy atom. The maximum absolute atomic E-state index is 10.4. The van der Waals surface area contributed by atoms with Gasteiger partial charge < -0.3 is 9.67 Å². The number of carboxylic acids is 1. The largest absolute Gasteiger partial charge is 0.481 e. The van der Waals surface area contributed by atoms with Gasteiger partial charge in [0.1, 0.15) is 5.82 Å². The Bertz CT molecular complexity index is 635. The second-order valence-electron chi connectivity index (χ2n) is 6.71. The number of aliphatic carboxylic acids is 1. The first-order valence-electron chi connectivity index (χ1n) is 9.49. The standard InChI is InChI=1S/C21H30N2O2/c1-18-22-19(17-23(18)20-14-10-8-11-15-20)13-9-6-4-2-3-5-7-12-16-21(24)25/h8,10-11,14-15,17H,2-7,9,12-13,16H2,1H3,(H,24,25). The molecule has 25 heavy (non-hydrogen) atoms. The fraction of sp³-hybridized carbons (Fsp3) is 0.524. The van der Waals surface area contributed by atoms with Gasteiger partial charge in [0, 0.05) is 18.3 Å². The van der Waals surface area contributed by atoms with Gasteiger partial charge in [0.15, 0.2) is 0 Å². The van der Waals surface area contributed by atoms with E-state index in [1.165, 1.54) is 43.5 Å². The van der Waals surface area contributed by atoms with Gasteiger partial charge >= 0.3 is 5.97 Å². The first-order chi connectivity index (χ1) is 12.2. The lowest BCUT2D eigenvalue weighted by Crippen LogP contribution is -1.93. The van der Waals surface area contributed by atoms with E-state index in [9.17, 15) is 4.79 Å². The second kappa shape index (κ2) is 10.7. The van der Waals surface area contributed by atoms with Crippen molar-refractivity contribution in [3.8, 4) is 5.69 Å². The normalized spacial score (nSPS) is 10.9. The van der Waals surface area contributed by atoms with Gasteiger partial charge in [-0.05, 0) is 38.3 Å². The molecule has 2 rings (SSSR count). The van der Waals surface area contributed by atoms with Crippen molar-refractivity contribution in [1.29, 1.82) is 0 Å². The van der Waals surface area contributed by atoms with Crippen LogP contribution in [-0.4, -0.2) is 20.6 Å². The molecule has 1 aromatic carbocycles. The summed E-state index contributed by atoms with van der Waals surface area (Å²) in [7, 11) is 0. The van der Waals surface area contributed by atoms with Crippen LogP contribution in [0, 0.1) is 6.92 Å². The highest BCUT2D eigenvalue weighted by Gasteiger charge is 2.05. The van der Waals surface area contributed by atoms with Gasteiger partial charge in [-0.15, -0.1) is 0 Å². The molecule has 0 saturated heterocycles. The van der Waals surface area contributed by atoms with E-state index < -0.39 is 5.97 Å². The average molecular weight is 342 g/mol. The summed E-state index contributed by atoms with van der Waals surface area (Å²) in [6.45, 7) is 2.06. The topological polar surface area (TPSA) is 55.1 Å². The van der Waals surface area contributed by atoms with E-state index in [1.54, 1.807) is 0 Å². The van der Waals surface area contributed by atoms with E-state index in [4.69, 9.17) is 5.11 Å². The van der Waals surface area contributed by atoms with Crippen molar-refractivity contribution in [1.82, 2.24) is 9.55 Å². The molecule has 0 saturated carbocycles. The summed E-state index contributed by atoms with van der Waals surface area (Å²) in [5, 5.41) is 8.58. The molecule has 4 heteroatoms. The summed E-state index contributed by atoms with van der Waals surface area (Å²) in [4.78, 5) is 15.1. The summed E-state index contributed by atoms with van der Waals surface area (Å²) < 4.78 is 2.16. The number of para-hydroxylation sites is 1. The number of imidazole rings is 1. The van der Waals surface area contributed by atoms with Crippen LogP contribution in [0.3, 0.4) is 0 Å². The molecule has 0 amide bonds. The number of carbonyl (C=O) groups is 1. The Hall–Kier alpha value is -2.10. The number of aryl methyl sites for hydroxylation is 2. The number of unbranched alkanes of at least 4 members (excludes halogenated alkanes) is 7. The van der Waals surface area contributed by atoms with Gasteiger partial charge in [-0.2, -0.15) is 0 Å². The van der Waals surface area contributed by atoms with Gasteiger partial charge in [0.25, 0.3) is 0 Å². The first-order valence-corrected chi connectivity index (χ1v) is 9.49. The third kappa shape index (κ3) is 7.12. The molecule has 0 radical (unpaired) electrons. The summed E-state index contributed by atoms with van der Waals surface area (Å²) in [5.41, 5.74) is 2.34. The Morgan fingerprint density at radius 2 is 1.56 bits per heavy atom. The summed E-state index contributed by atoms with van der Waals surface area (Å²) in [5.74, 6) is 0.368. The van der Waals surface area contributed by atoms with Crippen molar-refractivity contribution in [2.24, 2.45) is 0 Å². The molecule has 0 spiro atoms. The minimum Gasteiger partial charge on any atom is -0.481 e. The Morgan fingerprint density at radius 1 is 0.960 bits per heavy atom. The van der Waals surface area contributed by atoms with E-state index in [0.717, 1.165) is 31.5 Å². The van der Waals surface area contributed by atoms with Crippen molar-refractivity contribution in [2.75, 3.05) is 0 Å². The highest BCUT2D eigenvalue weighted by Crippen LogP contribution is 2.15. The number of aromatic nitrogens is 2. The van der Waals surface area contributed by atoms with Crippen LogP contribution in [0.15, 0.2) is 36.5 Å². The smallest absolute Gasteiger partial charge is 0.303 e. The van der Waals surface area contributed by atoms with Crippen LogP contribution in [0.1, 0.15) is 69.3 Å². The quantitative estimate of drug-likeness (QED) is 0.531. The monoisotopic (exact) mass is 342 g/mol. The molecular weight excluding hydrogens is 312 g/mol. The Labute approximate surface area is 150 Å². The summed E-state index contributed by atoms with van der Waals surface area (Å²) in [6.07, 6.45) is 12.7. The summed E-state index contributed by atoms with van der Waals surface area (Å²) >= 11 is 0. The lowest BCUT2D eigenvalue weighted by atomic mass is 10.1. The number of nitrogens with zero attached hydrogens (tertiary/aromatic N) is 2. The summed E-state index contributed by atoms with van der Waals surface area (Å²) in [6, 6.07) is 10.3. The molecular formula is C21H30N2O2. The SMILES string of the molecule is Cc1nc(CCCCCCCCCCC(=O)O)cn1-c1ccccc1. The molecule has 0 atom stereocenters. The van der Waals surface area contributed by atoms with Crippen LogP contribution in [0.4, 0.5) is 0 Å². The highest BCUT2D eigenvalue weighted by atomic mass is 16.4. The molecule has 2 aromatic rings. The van der Waals surface area contributed by atoms with E-state index in [-0.39, 0.29) is 0 Å². The third-order valence-electron chi connectivity index (χ3n) is 4.54. The molecule has 0 fully saturated rings. The van der Waals surface area contributed by atoms with Gasteiger partial charge in [-0.3, -0.25) is 4.79 Å². The number of hydrogen-bond donors (Lipinski definition) is 1. The second-order valence-corrected chi connectivity index (χ2v) is 6.71. The molecule has 1 aromatic heterocycles. The van der Waals surface area contributed by atoms with Crippen molar-refractivity contribution < 1.29 is 9.90 Å². The predicted molar refractivity (Wildman–Crippen MR) is 101 cm³/mol. The van der Waals surface area contributed by atoms with Crippen LogP contribution in [-0.2, 0) is 11.2 Å². The maximum atomic E-state index is 10.4. The number of rotatable bonds is 12. The van der Waals surface area contributed by atoms with Crippen LogP contribution in [0.2, 0.25) is 0 Å². The lowest BCUT2D eigenvalue weighted by molar-refractivity contribution is -0.137. The third-order valence-corrected chi connectivity index (χ3v) is 4.54. The van der Waals surface area contributed by atoms with E-state index in [1.807, 2.05) is 6.07 Å². The van der Waals surface area contributed by atoms with Crippen LogP contribution >= 0.6 is 0 Å². The molecule has 1 N–H and O–H groups in total. The number of benzene rings is 1. The minimum atomic E-state index is -0.676. The van der Waals surface area contributed by atoms with Crippen molar-refractivity contribution in [3.63, 3.8) is 0 Å². The first kappa shape index (κ1) is 19.2. The van der Waals surface area contributed by atoms with Crippen LogP contribution in [0.25, 0.3) is 5.69 Å². The molecule has 1 heterocycles. The fourth-order valence-corrected chi connectivity index (χ4v) is 3.15. The van der Waals surface area contributed by atoms with Crippen molar-refractivity contribution in [3.05, 3.63) is 48.0 Å². The molecule has 0 aliphatic heterocycles. The van der Waals surface area contributed by atoms with E-state index >= 15 is 0 Å². The molecule has 136 valence electrons. The van der Waals surface area contributed by atoms with Crippen molar-refractivity contribution in [2.45, 2.75) is 71.1 Å². The molecule has 0 aliphatic carbocycles. The zero-order valence-electron chi connectivity index (χ0n) is 15.3. The van der Waals surface area contributed by atoms with Gasteiger partial charge in [-0.25, -0.2) is 4.98 Å². The van der Waals surface area contributed by atoms with E-state index in [0.29, 0.717) is 6.42 Å². The van der Waals surface area contributed by atoms with Gasteiger partial charge in [-0.1, -0.05) is 56.7 Å². The Kier molecular flexibility index (Phi) is 8.23. The number of carboxylic acid groups (broad SMARTS) is 1.